The van der Waals surface area contributed by atoms with Crippen LogP contribution in [0.3, 0.4) is 0 Å². The zero-order valence-electron chi connectivity index (χ0n) is 10.3. The van der Waals surface area contributed by atoms with Crippen LogP contribution in [0.4, 0.5) is 5.69 Å². The minimum absolute atomic E-state index is 0.320. The minimum Gasteiger partial charge on any atom is -0.366 e. The third-order valence-corrected chi connectivity index (χ3v) is 2.61. The molecule has 96 valence electrons. The molecule has 5 N–H and O–H groups in total. The number of primary amides is 1. The molecular formula is C13H17N3O2. The number of anilines is 1. The van der Waals surface area contributed by atoms with E-state index in [0.717, 1.165) is 0 Å². The molecule has 0 aromatic heterocycles. The summed E-state index contributed by atoms with van der Waals surface area (Å²) in [6, 6.07) is 4.30. The van der Waals surface area contributed by atoms with Crippen LogP contribution >= 0.6 is 0 Å². The van der Waals surface area contributed by atoms with Gasteiger partial charge in [-0.05, 0) is 31.0 Å². The van der Waals surface area contributed by atoms with E-state index in [1.165, 1.54) is 0 Å². The van der Waals surface area contributed by atoms with Crippen molar-refractivity contribution in [2.24, 2.45) is 11.5 Å². The summed E-state index contributed by atoms with van der Waals surface area (Å²) in [4.78, 5) is 22.9. The van der Waals surface area contributed by atoms with E-state index in [0.29, 0.717) is 23.2 Å². The van der Waals surface area contributed by atoms with E-state index in [1.54, 1.807) is 31.2 Å². The van der Waals surface area contributed by atoms with Crippen molar-refractivity contribution in [1.82, 2.24) is 0 Å². The van der Waals surface area contributed by atoms with Crippen LogP contribution in [-0.2, 0) is 4.79 Å². The number of hydrogen-bond acceptors (Lipinski definition) is 3. The first-order valence-corrected chi connectivity index (χ1v) is 5.54. The lowest BCUT2D eigenvalue weighted by Gasteiger charge is -2.13. The lowest BCUT2D eigenvalue weighted by molar-refractivity contribution is -0.117. The highest BCUT2D eigenvalue weighted by Gasteiger charge is 2.14. The van der Waals surface area contributed by atoms with Crippen molar-refractivity contribution in [2.75, 3.05) is 5.32 Å². The van der Waals surface area contributed by atoms with Gasteiger partial charge in [-0.3, -0.25) is 9.59 Å². The third kappa shape index (κ3) is 3.18. The molecule has 0 saturated heterocycles. The molecule has 0 saturated carbocycles. The van der Waals surface area contributed by atoms with Gasteiger partial charge in [0.15, 0.2) is 0 Å². The standard InChI is InChI=1S/C13H17N3O2/c1-3-5-10(14)13(18)16-11-7-4-6-9(8(11)2)12(15)17/h3-4,6-7,10H,1,5,14H2,2H3,(H2,15,17)(H,16,18). The molecule has 1 unspecified atom stereocenters. The molecule has 1 aromatic rings. The molecule has 18 heavy (non-hydrogen) atoms. The van der Waals surface area contributed by atoms with E-state index >= 15 is 0 Å². The molecule has 0 aliphatic heterocycles. The Balaban J connectivity index is 2.92. The summed E-state index contributed by atoms with van der Waals surface area (Å²) in [5.41, 5.74) is 12.4. The van der Waals surface area contributed by atoms with Crippen LogP contribution in [-0.4, -0.2) is 17.9 Å². The Morgan fingerprint density at radius 3 is 2.72 bits per heavy atom. The highest BCUT2D eigenvalue weighted by atomic mass is 16.2. The average Bonchev–Trinajstić information content (AvgIpc) is 2.31. The van der Waals surface area contributed by atoms with Gasteiger partial charge in [0.2, 0.25) is 11.8 Å². The average molecular weight is 247 g/mol. The van der Waals surface area contributed by atoms with Crippen LogP contribution in [0.5, 0.6) is 0 Å². The number of rotatable bonds is 5. The highest BCUT2D eigenvalue weighted by molar-refractivity contribution is 5.99. The van der Waals surface area contributed by atoms with Crippen LogP contribution in [0, 0.1) is 6.92 Å². The molecule has 0 aliphatic rings. The van der Waals surface area contributed by atoms with Gasteiger partial charge in [-0.15, -0.1) is 6.58 Å². The third-order valence-electron chi connectivity index (χ3n) is 2.61. The van der Waals surface area contributed by atoms with Gasteiger partial charge >= 0.3 is 0 Å². The maximum atomic E-state index is 11.7. The first-order chi connectivity index (χ1) is 8.47. The summed E-state index contributed by atoms with van der Waals surface area (Å²) in [6.07, 6.45) is 1.97. The van der Waals surface area contributed by atoms with E-state index in [4.69, 9.17) is 11.5 Å². The van der Waals surface area contributed by atoms with Gasteiger partial charge in [0.05, 0.1) is 6.04 Å². The molecular weight excluding hydrogens is 230 g/mol. The lowest BCUT2D eigenvalue weighted by atomic mass is 10.1. The van der Waals surface area contributed by atoms with Crippen LogP contribution in [0.1, 0.15) is 22.3 Å². The van der Waals surface area contributed by atoms with E-state index in [1.807, 2.05) is 0 Å². The fraction of sp³-hybridized carbons (Fsp3) is 0.231. The Bertz CT molecular complexity index is 483. The maximum absolute atomic E-state index is 11.7. The molecule has 1 atom stereocenters. The Hall–Kier alpha value is -2.14. The maximum Gasteiger partial charge on any atom is 0.249 e. The summed E-state index contributed by atoms with van der Waals surface area (Å²) in [5.74, 6) is -0.849. The SMILES string of the molecule is C=CCC(N)C(=O)Nc1cccc(C(N)=O)c1C. The van der Waals surface area contributed by atoms with Crippen LogP contribution < -0.4 is 16.8 Å². The summed E-state index contributed by atoms with van der Waals surface area (Å²) < 4.78 is 0. The van der Waals surface area contributed by atoms with Crippen molar-refractivity contribution in [1.29, 1.82) is 0 Å². The van der Waals surface area contributed by atoms with E-state index < -0.39 is 11.9 Å². The molecule has 0 spiro atoms. The Morgan fingerprint density at radius 1 is 1.50 bits per heavy atom. The van der Waals surface area contributed by atoms with E-state index in [2.05, 4.69) is 11.9 Å². The summed E-state index contributed by atoms with van der Waals surface area (Å²) in [7, 11) is 0. The number of carbonyl (C=O) groups excluding carboxylic acids is 2. The van der Waals surface area contributed by atoms with Crippen LogP contribution in [0.2, 0.25) is 0 Å². The summed E-state index contributed by atoms with van der Waals surface area (Å²) in [5, 5.41) is 2.67. The Kier molecular flexibility index (Phi) is 4.62. The zero-order chi connectivity index (χ0) is 13.7. The van der Waals surface area contributed by atoms with E-state index in [-0.39, 0.29) is 5.91 Å². The number of carbonyl (C=O) groups is 2. The molecule has 1 aromatic carbocycles. The lowest BCUT2D eigenvalue weighted by Crippen LogP contribution is -2.35. The first-order valence-electron chi connectivity index (χ1n) is 5.54. The predicted octanol–water partition coefficient (Wildman–Crippen LogP) is 0.936. The number of nitrogens with two attached hydrogens (primary N) is 2. The van der Waals surface area contributed by atoms with Crippen molar-refractivity contribution in [3.05, 3.63) is 42.0 Å². The summed E-state index contributed by atoms with van der Waals surface area (Å²) >= 11 is 0. The Morgan fingerprint density at radius 2 is 2.17 bits per heavy atom. The van der Waals surface area contributed by atoms with Gasteiger partial charge in [-0.1, -0.05) is 12.1 Å². The van der Waals surface area contributed by atoms with Gasteiger partial charge in [0.25, 0.3) is 0 Å². The number of benzene rings is 1. The number of hydrogen-bond donors (Lipinski definition) is 3. The summed E-state index contributed by atoms with van der Waals surface area (Å²) in [6.45, 7) is 5.24. The normalized spacial score (nSPS) is 11.7. The van der Waals surface area contributed by atoms with Gasteiger partial charge < -0.3 is 16.8 Å². The minimum atomic E-state index is -0.654. The largest absolute Gasteiger partial charge is 0.366 e. The quantitative estimate of drug-likeness (QED) is 0.675. The second kappa shape index (κ2) is 5.97. The predicted molar refractivity (Wildman–Crippen MR) is 71.1 cm³/mol. The molecule has 0 heterocycles. The first kappa shape index (κ1) is 13.9. The number of amides is 2. The second-order valence-electron chi connectivity index (χ2n) is 3.96. The van der Waals surface area contributed by atoms with Gasteiger partial charge in [0.1, 0.15) is 0 Å². The molecule has 5 heteroatoms. The highest BCUT2D eigenvalue weighted by Crippen LogP contribution is 2.18. The molecule has 0 bridgehead atoms. The fourth-order valence-corrected chi connectivity index (χ4v) is 1.55. The van der Waals surface area contributed by atoms with Crippen molar-refractivity contribution in [2.45, 2.75) is 19.4 Å². The molecule has 5 nitrogen and oxygen atoms in total. The molecule has 0 aliphatic carbocycles. The zero-order valence-corrected chi connectivity index (χ0v) is 10.3. The van der Waals surface area contributed by atoms with Crippen LogP contribution in [0.15, 0.2) is 30.9 Å². The van der Waals surface area contributed by atoms with Crippen molar-refractivity contribution in [3.63, 3.8) is 0 Å². The van der Waals surface area contributed by atoms with Gasteiger partial charge in [-0.25, -0.2) is 0 Å². The van der Waals surface area contributed by atoms with Crippen LogP contribution in [0.25, 0.3) is 0 Å². The molecule has 2 amide bonds. The van der Waals surface area contributed by atoms with E-state index in [9.17, 15) is 9.59 Å². The molecule has 0 fully saturated rings. The smallest absolute Gasteiger partial charge is 0.249 e. The number of nitrogens with one attached hydrogen (secondary N) is 1. The Labute approximate surface area is 106 Å². The van der Waals surface area contributed by atoms with Crippen molar-refractivity contribution >= 4 is 17.5 Å². The fourth-order valence-electron chi connectivity index (χ4n) is 1.55. The van der Waals surface area contributed by atoms with Crippen molar-refractivity contribution in [3.8, 4) is 0 Å². The monoisotopic (exact) mass is 247 g/mol. The molecule has 1 rings (SSSR count). The topological polar surface area (TPSA) is 98.2 Å². The van der Waals surface area contributed by atoms with Crippen molar-refractivity contribution < 1.29 is 9.59 Å². The van der Waals surface area contributed by atoms with Gasteiger partial charge in [0, 0.05) is 11.3 Å². The van der Waals surface area contributed by atoms with Gasteiger partial charge in [-0.2, -0.15) is 0 Å². The molecule has 0 radical (unpaired) electrons. The second-order valence-corrected chi connectivity index (χ2v) is 3.96.